The first-order valence-electron chi connectivity index (χ1n) is 7.98. The van der Waals surface area contributed by atoms with Crippen molar-refractivity contribution in [1.29, 1.82) is 0 Å². The van der Waals surface area contributed by atoms with Gasteiger partial charge in [0.2, 0.25) is 5.88 Å². The zero-order chi connectivity index (χ0) is 19.0. The van der Waals surface area contributed by atoms with Gasteiger partial charge in [-0.25, -0.2) is 3.97 Å². The Labute approximate surface area is 165 Å². The van der Waals surface area contributed by atoms with Crippen LogP contribution in [0, 0.1) is 4.77 Å². The molecule has 2 aromatic heterocycles. The number of H-pyrrole nitrogens is 1. The molecule has 2 aromatic carbocycles. The van der Waals surface area contributed by atoms with Gasteiger partial charge >= 0.3 is 0 Å². The molecule has 4 rings (SSSR count). The maximum Gasteiger partial charge on any atom is 0.279 e. The molecule has 136 valence electrons. The normalized spacial score (nSPS) is 11.6. The van der Waals surface area contributed by atoms with E-state index in [-0.39, 0.29) is 14.9 Å². The van der Waals surface area contributed by atoms with Crippen molar-refractivity contribution in [2.45, 2.75) is 4.21 Å². The Balaban J connectivity index is 1.95. The van der Waals surface area contributed by atoms with Crippen molar-refractivity contribution < 1.29 is 13.5 Å². The van der Waals surface area contributed by atoms with Crippen LogP contribution in [0.15, 0.2) is 77.1 Å². The van der Waals surface area contributed by atoms with Crippen molar-refractivity contribution >= 4 is 33.6 Å². The van der Waals surface area contributed by atoms with Gasteiger partial charge in [-0.1, -0.05) is 60.7 Å². The maximum atomic E-state index is 13.1. The number of aromatic amines is 1. The van der Waals surface area contributed by atoms with Gasteiger partial charge in [0.1, 0.15) is 4.21 Å². The van der Waals surface area contributed by atoms with Crippen LogP contribution in [-0.4, -0.2) is 22.5 Å². The van der Waals surface area contributed by atoms with E-state index < -0.39 is 10.0 Å². The number of nitrogens with zero attached hydrogens (tertiary/aromatic N) is 1. The summed E-state index contributed by atoms with van der Waals surface area (Å²) in [7, 11) is -3.93. The smallest absolute Gasteiger partial charge is 0.279 e. The first-order chi connectivity index (χ1) is 13.0. The Morgan fingerprint density at radius 2 is 1.56 bits per heavy atom. The Kier molecular flexibility index (Phi) is 4.47. The zero-order valence-corrected chi connectivity index (χ0v) is 16.3. The topological polar surface area (TPSA) is 75.1 Å². The number of aromatic hydroxyl groups is 1. The first-order valence-corrected chi connectivity index (χ1v) is 10.6. The van der Waals surface area contributed by atoms with E-state index >= 15 is 0 Å². The molecular weight excluding hydrogens is 400 g/mol. The second kappa shape index (κ2) is 6.80. The van der Waals surface area contributed by atoms with E-state index in [0.29, 0.717) is 0 Å². The maximum absolute atomic E-state index is 13.1. The van der Waals surface area contributed by atoms with E-state index in [9.17, 15) is 13.5 Å². The van der Waals surface area contributed by atoms with Gasteiger partial charge in [-0.2, -0.15) is 8.42 Å². The van der Waals surface area contributed by atoms with E-state index in [4.69, 9.17) is 12.2 Å². The molecule has 8 heteroatoms. The number of hydrogen-bond acceptors (Lipinski definition) is 5. The van der Waals surface area contributed by atoms with Crippen LogP contribution in [0.1, 0.15) is 0 Å². The second-order valence-corrected chi connectivity index (χ2v) is 9.27. The predicted octanol–water partition coefficient (Wildman–Crippen LogP) is 4.88. The van der Waals surface area contributed by atoms with Crippen LogP contribution >= 0.6 is 23.6 Å². The third-order valence-electron chi connectivity index (χ3n) is 4.02. The molecule has 0 atom stereocenters. The molecule has 2 heterocycles. The molecule has 0 aliphatic heterocycles. The van der Waals surface area contributed by atoms with Gasteiger partial charge in [0.25, 0.3) is 10.0 Å². The fraction of sp³-hybridized carbons (Fsp3) is 0. The van der Waals surface area contributed by atoms with Gasteiger partial charge in [0.15, 0.2) is 4.77 Å². The van der Waals surface area contributed by atoms with E-state index in [2.05, 4.69) is 4.98 Å². The Hall–Kier alpha value is -2.68. The molecule has 27 heavy (non-hydrogen) atoms. The lowest BCUT2D eigenvalue weighted by atomic mass is 10.0. The van der Waals surface area contributed by atoms with Crippen molar-refractivity contribution in [2.75, 3.05) is 0 Å². The van der Waals surface area contributed by atoms with Crippen molar-refractivity contribution in [3.63, 3.8) is 0 Å². The first kappa shape index (κ1) is 17.7. The highest BCUT2D eigenvalue weighted by molar-refractivity contribution is 7.92. The molecule has 0 radical (unpaired) electrons. The van der Waals surface area contributed by atoms with Gasteiger partial charge in [-0.3, -0.25) is 0 Å². The molecule has 0 fully saturated rings. The lowest BCUT2D eigenvalue weighted by Crippen LogP contribution is -2.10. The molecule has 0 saturated heterocycles. The van der Waals surface area contributed by atoms with E-state index in [1.165, 1.54) is 11.3 Å². The Bertz CT molecular complexity index is 1200. The van der Waals surface area contributed by atoms with Gasteiger partial charge in [0, 0.05) is 10.4 Å². The summed E-state index contributed by atoms with van der Waals surface area (Å²) in [5.74, 6) is -0.299. The fourth-order valence-electron chi connectivity index (χ4n) is 2.77. The molecule has 2 N–H and O–H groups in total. The van der Waals surface area contributed by atoms with Crippen LogP contribution in [0.3, 0.4) is 0 Å². The number of rotatable bonds is 4. The molecule has 0 saturated carbocycles. The van der Waals surface area contributed by atoms with Gasteiger partial charge in [-0.15, -0.1) is 11.3 Å². The molecule has 0 unspecified atom stereocenters. The minimum atomic E-state index is -3.93. The highest BCUT2D eigenvalue weighted by Crippen LogP contribution is 2.41. The predicted molar refractivity (Wildman–Crippen MR) is 109 cm³/mol. The number of hydrogen-bond donors (Lipinski definition) is 2. The number of thiophene rings is 1. The summed E-state index contributed by atoms with van der Waals surface area (Å²) in [6, 6.07) is 20.9. The van der Waals surface area contributed by atoms with Gasteiger partial charge < -0.3 is 10.1 Å². The minimum Gasteiger partial charge on any atom is -0.493 e. The molecule has 0 amide bonds. The average molecular weight is 415 g/mol. The summed E-state index contributed by atoms with van der Waals surface area (Å²) in [5.41, 5.74) is 2.69. The highest BCUT2D eigenvalue weighted by atomic mass is 32.2. The molecule has 0 bridgehead atoms. The molecular formula is C19H14N2O3S3. The van der Waals surface area contributed by atoms with Gasteiger partial charge in [0.05, 0.1) is 6.20 Å². The van der Waals surface area contributed by atoms with Crippen molar-refractivity contribution in [2.24, 2.45) is 0 Å². The van der Waals surface area contributed by atoms with E-state index in [1.807, 2.05) is 60.7 Å². The monoisotopic (exact) mass is 414 g/mol. The molecule has 0 aliphatic rings. The van der Waals surface area contributed by atoms with E-state index in [1.54, 1.807) is 6.07 Å². The SMILES string of the molecule is O=S(=O)(c1cc(-c2ccccc2)c(-c2ccccc2)s1)n1cc(O)[nH]c1=S. The highest BCUT2D eigenvalue weighted by Gasteiger charge is 2.24. The van der Waals surface area contributed by atoms with Crippen LogP contribution in [0.4, 0.5) is 0 Å². The Morgan fingerprint density at radius 1 is 0.963 bits per heavy atom. The average Bonchev–Trinajstić information content (AvgIpc) is 3.27. The largest absolute Gasteiger partial charge is 0.493 e. The zero-order valence-electron chi connectivity index (χ0n) is 13.9. The summed E-state index contributed by atoms with van der Waals surface area (Å²) in [4.78, 5) is 3.28. The lowest BCUT2D eigenvalue weighted by molar-refractivity contribution is 0.456. The number of nitrogens with one attached hydrogen (secondary N) is 1. The lowest BCUT2D eigenvalue weighted by Gasteiger charge is -2.03. The van der Waals surface area contributed by atoms with Crippen LogP contribution in [0.5, 0.6) is 5.88 Å². The van der Waals surface area contributed by atoms with Crippen LogP contribution in [0.25, 0.3) is 21.6 Å². The number of imidazole rings is 1. The minimum absolute atomic E-state index is 0.0802. The second-order valence-electron chi connectivity index (χ2n) is 5.79. The number of benzene rings is 2. The van der Waals surface area contributed by atoms with Crippen molar-refractivity contribution in [3.8, 4) is 27.4 Å². The fourth-order valence-corrected chi connectivity index (χ4v) is 6.02. The third-order valence-corrected chi connectivity index (χ3v) is 7.73. The van der Waals surface area contributed by atoms with E-state index in [0.717, 1.165) is 31.7 Å². The molecule has 0 spiro atoms. The molecule has 4 aromatic rings. The quantitative estimate of drug-likeness (QED) is 0.467. The van der Waals surface area contributed by atoms with Crippen LogP contribution < -0.4 is 0 Å². The standard InChI is InChI=1S/C19H14N2O3S3/c22-16-12-21(19(25)20-16)27(23,24)17-11-15(13-7-3-1-4-8-13)18(26-17)14-9-5-2-6-10-14/h1-12,22H,(H,20,25). The molecule has 5 nitrogen and oxygen atoms in total. The Morgan fingerprint density at radius 3 is 2.11 bits per heavy atom. The summed E-state index contributed by atoms with van der Waals surface area (Å²) >= 11 is 6.20. The summed E-state index contributed by atoms with van der Waals surface area (Å²) in [5, 5.41) is 9.56. The van der Waals surface area contributed by atoms with Gasteiger partial charge in [-0.05, 0) is 29.4 Å². The summed E-state index contributed by atoms with van der Waals surface area (Å²) in [6.07, 6.45) is 1.07. The summed E-state index contributed by atoms with van der Waals surface area (Å²) in [6.45, 7) is 0. The van der Waals surface area contributed by atoms with Crippen molar-refractivity contribution in [3.05, 3.63) is 77.7 Å². The summed E-state index contributed by atoms with van der Waals surface area (Å²) < 4.78 is 27.1. The van der Waals surface area contributed by atoms with Crippen LogP contribution in [0.2, 0.25) is 0 Å². The van der Waals surface area contributed by atoms with Crippen LogP contribution in [-0.2, 0) is 10.0 Å². The van der Waals surface area contributed by atoms with Crippen molar-refractivity contribution in [1.82, 2.24) is 8.96 Å². The molecule has 0 aliphatic carbocycles. The third kappa shape index (κ3) is 3.23. The number of aromatic nitrogens is 2.